The van der Waals surface area contributed by atoms with Gasteiger partial charge in [0.25, 0.3) is 0 Å². The second-order valence-electron chi connectivity index (χ2n) is 5.61. The molecule has 1 aromatic rings. The van der Waals surface area contributed by atoms with Crippen molar-refractivity contribution in [2.75, 3.05) is 19.6 Å². The fourth-order valence-corrected chi connectivity index (χ4v) is 3.43. The minimum absolute atomic E-state index is 0.0498. The molecule has 3 rings (SSSR count). The number of carbonyl (C=O) groups is 1. The van der Waals surface area contributed by atoms with E-state index >= 15 is 0 Å². The van der Waals surface area contributed by atoms with E-state index in [0.717, 1.165) is 32.5 Å². The van der Waals surface area contributed by atoms with Crippen LogP contribution < -0.4 is 5.32 Å². The van der Waals surface area contributed by atoms with Crippen LogP contribution in [-0.2, 0) is 11.3 Å². The Morgan fingerprint density at radius 2 is 2.16 bits per heavy atom. The van der Waals surface area contributed by atoms with Crippen LogP contribution in [0.4, 0.5) is 0 Å². The van der Waals surface area contributed by atoms with Gasteiger partial charge in [-0.25, -0.2) is 4.68 Å². The molecule has 6 nitrogen and oxygen atoms in total. The zero-order valence-corrected chi connectivity index (χ0v) is 11.2. The molecule has 1 saturated carbocycles. The highest BCUT2D eigenvalue weighted by Gasteiger charge is 2.41. The number of aromatic nitrogens is 3. The molecule has 0 radical (unpaired) electrons. The fourth-order valence-electron chi connectivity index (χ4n) is 3.43. The summed E-state index contributed by atoms with van der Waals surface area (Å²) in [6, 6.07) is 0. The molecule has 1 aliphatic carbocycles. The number of carbonyl (C=O) groups excluding carboxylic acids is 1. The van der Waals surface area contributed by atoms with Crippen molar-refractivity contribution >= 4 is 5.91 Å². The van der Waals surface area contributed by atoms with Crippen LogP contribution in [0, 0.1) is 0 Å². The van der Waals surface area contributed by atoms with Gasteiger partial charge in [-0.3, -0.25) is 4.79 Å². The lowest BCUT2D eigenvalue weighted by Crippen LogP contribution is -2.64. The molecule has 0 atom stereocenters. The van der Waals surface area contributed by atoms with E-state index in [9.17, 15) is 4.79 Å². The molecule has 19 heavy (non-hydrogen) atoms. The molecule has 2 aliphatic rings. The first-order valence-electron chi connectivity index (χ1n) is 7.15. The third kappa shape index (κ3) is 2.49. The zero-order chi connectivity index (χ0) is 13.1. The Balaban J connectivity index is 1.74. The summed E-state index contributed by atoms with van der Waals surface area (Å²) in [5, 5.41) is 11.1. The lowest BCUT2D eigenvalue weighted by atomic mass is 9.79. The average Bonchev–Trinajstić information content (AvgIpc) is 2.93. The molecule has 0 aromatic carbocycles. The second kappa shape index (κ2) is 5.28. The van der Waals surface area contributed by atoms with Crippen LogP contribution in [0.1, 0.15) is 32.1 Å². The summed E-state index contributed by atoms with van der Waals surface area (Å²) in [6.45, 7) is 2.95. The predicted octanol–water partition coefficient (Wildman–Crippen LogP) is 0.413. The summed E-state index contributed by atoms with van der Waals surface area (Å²) >= 11 is 0. The summed E-state index contributed by atoms with van der Waals surface area (Å²) in [5.74, 6) is 0.175. The van der Waals surface area contributed by atoms with E-state index in [2.05, 4.69) is 20.5 Å². The lowest BCUT2D eigenvalue weighted by Gasteiger charge is -2.49. The summed E-state index contributed by atoms with van der Waals surface area (Å²) in [4.78, 5) is 14.6. The standard InChI is InChI=1S/C13H21N5O/c19-12(10-17-8-7-15-16-17)18-9-6-14-11-13(18)4-2-1-3-5-13/h7-8,14H,1-6,9-11H2. The number of nitrogens with one attached hydrogen (secondary N) is 1. The molecule has 0 unspecified atom stereocenters. The number of amides is 1. The highest BCUT2D eigenvalue weighted by molar-refractivity contribution is 5.77. The molecule has 1 amide bonds. The minimum atomic E-state index is 0.0498. The molecule has 2 fully saturated rings. The number of piperazine rings is 1. The molecule has 2 heterocycles. The van der Waals surface area contributed by atoms with E-state index < -0.39 is 0 Å². The van der Waals surface area contributed by atoms with Crippen LogP contribution >= 0.6 is 0 Å². The molecule has 6 heteroatoms. The van der Waals surface area contributed by atoms with Crippen molar-refractivity contribution in [2.24, 2.45) is 0 Å². The maximum atomic E-state index is 12.5. The summed E-state index contributed by atoms with van der Waals surface area (Å²) in [7, 11) is 0. The first-order chi connectivity index (χ1) is 9.30. The molecule has 1 N–H and O–H groups in total. The quantitative estimate of drug-likeness (QED) is 0.839. The molecule has 1 spiro atoms. The maximum absolute atomic E-state index is 12.5. The first kappa shape index (κ1) is 12.6. The van der Waals surface area contributed by atoms with Gasteiger partial charge in [-0.2, -0.15) is 0 Å². The second-order valence-corrected chi connectivity index (χ2v) is 5.61. The van der Waals surface area contributed by atoms with E-state index in [-0.39, 0.29) is 11.4 Å². The van der Waals surface area contributed by atoms with Gasteiger partial charge in [0.2, 0.25) is 5.91 Å². The summed E-state index contributed by atoms with van der Waals surface area (Å²) in [6.07, 6.45) is 9.37. The Labute approximate surface area is 113 Å². The highest BCUT2D eigenvalue weighted by Crippen LogP contribution is 2.34. The van der Waals surface area contributed by atoms with Gasteiger partial charge in [0.15, 0.2) is 0 Å². The summed E-state index contributed by atoms with van der Waals surface area (Å²) in [5.41, 5.74) is 0.0498. The molecule has 1 saturated heterocycles. The van der Waals surface area contributed by atoms with E-state index in [1.54, 1.807) is 17.1 Å². The van der Waals surface area contributed by atoms with Crippen molar-refractivity contribution in [3.63, 3.8) is 0 Å². The molecule has 1 aliphatic heterocycles. The van der Waals surface area contributed by atoms with E-state index in [0.29, 0.717) is 6.54 Å². The van der Waals surface area contributed by atoms with Crippen LogP contribution in [0.3, 0.4) is 0 Å². The minimum Gasteiger partial charge on any atom is -0.333 e. The number of hydrogen-bond acceptors (Lipinski definition) is 4. The Morgan fingerprint density at radius 3 is 2.89 bits per heavy atom. The van der Waals surface area contributed by atoms with E-state index in [4.69, 9.17) is 0 Å². The van der Waals surface area contributed by atoms with Gasteiger partial charge in [0, 0.05) is 25.8 Å². The predicted molar refractivity (Wildman–Crippen MR) is 70.4 cm³/mol. The monoisotopic (exact) mass is 263 g/mol. The van der Waals surface area contributed by atoms with Crippen LogP contribution in [-0.4, -0.2) is 51.0 Å². The van der Waals surface area contributed by atoms with Crippen LogP contribution in [0.5, 0.6) is 0 Å². The third-order valence-electron chi connectivity index (χ3n) is 4.39. The van der Waals surface area contributed by atoms with E-state index in [1.165, 1.54) is 19.3 Å². The molecule has 1 aromatic heterocycles. The topological polar surface area (TPSA) is 63.1 Å². The van der Waals surface area contributed by atoms with Crippen LogP contribution in [0.2, 0.25) is 0 Å². The third-order valence-corrected chi connectivity index (χ3v) is 4.39. The van der Waals surface area contributed by atoms with Gasteiger partial charge in [-0.15, -0.1) is 5.10 Å². The molecular weight excluding hydrogens is 242 g/mol. The Hall–Kier alpha value is -1.43. The van der Waals surface area contributed by atoms with Crippen molar-refractivity contribution in [3.8, 4) is 0 Å². The largest absolute Gasteiger partial charge is 0.333 e. The van der Waals surface area contributed by atoms with Gasteiger partial charge in [0.05, 0.1) is 11.7 Å². The first-order valence-corrected chi connectivity index (χ1v) is 7.15. The fraction of sp³-hybridized carbons (Fsp3) is 0.769. The number of hydrogen-bond donors (Lipinski definition) is 1. The SMILES string of the molecule is O=C(Cn1ccnn1)N1CCNCC12CCCCC2. The number of rotatable bonds is 2. The Morgan fingerprint density at radius 1 is 1.32 bits per heavy atom. The highest BCUT2D eigenvalue weighted by atomic mass is 16.2. The van der Waals surface area contributed by atoms with Crippen molar-refractivity contribution in [2.45, 2.75) is 44.2 Å². The zero-order valence-electron chi connectivity index (χ0n) is 11.2. The van der Waals surface area contributed by atoms with Crippen LogP contribution in [0.15, 0.2) is 12.4 Å². The van der Waals surface area contributed by atoms with Gasteiger partial charge in [-0.1, -0.05) is 24.5 Å². The average molecular weight is 263 g/mol. The number of nitrogens with zero attached hydrogens (tertiary/aromatic N) is 4. The van der Waals surface area contributed by atoms with Crippen molar-refractivity contribution in [1.82, 2.24) is 25.2 Å². The maximum Gasteiger partial charge on any atom is 0.244 e. The van der Waals surface area contributed by atoms with Crippen molar-refractivity contribution < 1.29 is 4.79 Å². The molecule has 104 valence electrons. The van der Waals surface area contributed by atoms with E-state index in [1.807, 2.05) is 0 Å². The summed E-state index contributed by atoms with van der Waals surface area (Å²) < 4.78 is 1.61. The normalized spacial score (nSPS) is 22.6. The van der Waals surface area contributed by atoms with Gasteiger partial charge >= 0.3 is 0 Å². The Kier molecular flexibility index (Phi) is 3.50. The molecule has 0 bridgehead atoms. The van der Waals surface area contributed by atoms with Gasteiger partial charge < -0.3 is 10.2 Å². The molecular formula is C13H21N5O. The van der Waals surface area contributed by atoms with Crippen LogP contribution in [0.25, 0.3) is 0 Å². The lowest BCUT2D eigenvalue weighted by molar-refractivity contribution is -0.141. The van der Waals surface area contributed by atoms with Crippen molar-refractivity contribution in [3.05, 3.63) is 12.4 Å². The Bertz CT molecular complexity index is 416. The van der Waals surface area contributed by atoms with Gasteiger partial charge in [-0.05, 0) is 12.8 Å². The smallest absolute Gasteiger partial charge is 0.244 e. The van der Waals surface area contributed by atoms with Crippen molar-refractivity contribution in [1.29, 1.82) is 0 Å². The van der Waals surface area contributed by atoms with Gasteiger partial charge in [0.1, 0.15) is 6.54 Å².